The van der Waals surface area contributed by atoms with Crippen LogP contribution in [0.1, 0.15) is 16.1 Å². The third-order valence-corrected chi connectivity index (χ3v) is 4.75. The van der Waals surface area contributed by atoms with Crippen LogP contribution in [0.3, 0.4) is 0 Å². The van der Waals surface area contributed by atoms with Gasteiger partial charge in [-0.3, -0.25) is 4.79 Å². The van der Waals surface area contributed by atoms with Gasteiger partial charge in [0, 0.05) is 31.7 Å². The van der Waals surface area contributed by atoms with Gasteiger partial charge in [0.1, 0.15) is 0 Å². The van der Waals surface area contributed by atoms with Crippen molar-refractivity contribution in [3.63, 3.8) is 0 Å². The highest BCUT2D eigenvalue weighted by molar-refractivity contribution is 5.94. The summed E-state index contributed by atoms with van der Waals surface area (Å²) in [6, 6.07) is 10.9. The Labute approximate surface area is 155 Å². The molecule has 0 aliphatic carbocycles. The number of rotatable bonds is 2. The number of piperazine rings is 1. The molecule has 3 aromatic rings. The van der Waals surface area contributed by atoms with E-state index in [0.29, 0.717) is 26.2 Å². The monoisotopic (exact) mass is 368 g/mol. The van der Waals surface area contributed by atoms with Gasteiger partial charge in [-0.15, -0.1) is 0 Å². The Morgan fingerprint density at radius 1 is 0.926 bits per heavy atom. The number of fused-ring (bicyclic) bond motifs is 1. The minimum Gasteiger partial charge on any atom is -0.352 e. The van der Waals surface area contributed by atoms with Gasteiger partial charge < -0.3 is 9.80 Å². The third kappa shape index (κ3) is 3.32. The minimum absolute atomic E-state index is 0.157. The molecule has 1 aliphatic heterocycles. The lowest BCUT2D eigenvalue weighted by Gasteiger charge is -2.36. The summed E-state index contributed by atoms with van der Waals surface area (Å²) in [6.07, 6.45) is 0. The summed E-state index contributed by atoms with van der Waals surface area (Å²) in [4.78, 5) is 25.6. The van der Waals surface area contributed by atoms with Crippen molar-refractivity contribution in [3.8, 4) is 0 Å². The fraction of sp³-hybridized carbons (Fsp3) is 0.250. The van der Waals surface area contributed by atoms with E-state index in [1.54, 1.807) is 4.90 Å². The maximum atomic E-state index is 13.4. The van der Waals surface area contributed by atoms with Crippen LogP contribution in [0.4, 0.5) is 14.6 Å². The van der Waals surface area contributed by atoms with Gasteiger partial charge in [0.05, 0.1) is 16.7 Å². The molecule has 1 saturated heterocycles. The summed E-state index contributed by atoms with van der Waals surface area (Å²) in [5, 5.41) is 0. The summed E-state index contributed by atoms with van der Waals surface area (Å²) in [6.45, 7) is 4.08. The van der Waals surface area contributed by atoms with E-state index in [9.17, 15) is 13.6 Å². The molecule has 0 unspecified atom stereocenters. The molecule has 0 radical (unpaired) electrons. The van der Waals surface area contributed by atoms with Crippen molar-refractivity contribution in [3.05, 3.63) is 65.4 Å². The highest BCUT2D eigenvalue weighted by atomic mass is 19.2. The van der Waals surface area contributed by atoms with Gasteiger partial charge in [-0.05, 0) is 37.3 Å². The van der Waals surface area contributed by atoms with E-state index in [4.69, 9.17) is 4.98 Å². The van der Waals surface area contributed by atoms with Crippen LogP contribution < -0.4 is 4.90 Å². The zero-order valence-electron chi connectivity index (χ0n) is 14.8. The van der Waals surface area contributed by atoms with Crippen molar-refractivity contribution in [2.75, 3.05) is 31.1 Å². The van der Waals surface area contributed by atoms with Crippen LogP contribution in [0.5, 0.6) is 0 Å². The molecule has 1 amide bonds. The van der Waals surface area contributed by atoms with Crippen molar-refractivity contribution < 1.29 is 13.6 Å². The Bertz CT molecular complexity index is 1020. The van der Waals surface area contributed by atoms with Crippen molar-refractivity contribution >= 4 is 22.8 Å². The first-order valence-corrected chi connectivity index (χ1v) is 8.75. The minimum atomic E-state index is -1.01. The molecule has 0 saturated carbocycles. The van der Waals surface area contributed by atoms with Crippen molar-refractivity contribution in [2.45, 2.75) is 6.92 Å². The second-order valence-electron chi connectivity index (χ2n) is 6.53. The van der Waals surface area contributed by atoms with E-state index in [2.05, 4.69) is 9.88 Å². The van der Waals surface area contributed by atoms with Gasteiger partial charge in [-0.1, -0.05) is 12.1 Å². The normalized spacial score (nSPS) is 14.6. The molecule has 4 rings (SSSR count). The van der Waals surface area contributed by atoms with Gasteiger partial charge >= 0.3 is 0 Å². The number of nitrogens with zero attached hydrogens (tertiary/aromatic N) is 4. The molecule has 1 fully saturated rings. The first kappa shape index (κ1) is 17.3. The van der Waals surface area contributed by atoms with Gasteiger partial charge in [0.25, 0.3) is 5.91 Å². The molecule has 2 aromatic carbocycles. The van der Waals surface area contributed by atoms with Crippen LogP contribution in [-0.2, 0) is 0 Å². The Hall–Kier alpha value is -3.09. The Morgan fingerprint density at radius 3 is 2.26 bits per heavy atom. The molecular formula is C20H18F2N4O. The SMILES string of the molecule is Cc1nc2ccccc2nc1N1CCN(C(=O)c2ccc(F)c(F)c2)CC1. The lowest BCUT2D eigenvalue weighted by atomic mass is 10.1. The Balaban J connectivity index is 1.49. The highest BCUT2D eigenvalue weighted by Crippen LogP contribution is 2.22. The first-order chi connectivity index (χ1) is 13.0. The molecule has 0 atom stereocenters. The number of hydrogen-bond acceptors (Lipinski definition) is 4. The number of benzene rings is 2. The van der Waals surface area contributed by atoms with Crippen LogP contribution in [-0.4, -0.2) is 47.0 Å². The number of amides is 1. The third-order valence-electron chi connectivity index (χ3n) is 4.75. The van der Waals surface area contributed by atoms with E-state index < -0.39 is 11.6 Å². The molecular weight excluding hydrogens is 350 g/mol. The summed E-state index contributed by atoms with van der Waals surface area (Å²) < 4.78 is 26.5. The topological polar surface area (TPSA) is 49.3 Å². The molecule has 138 valence electrons. The quantitative estimate of drug-likeness (QED) is 0.697. The lowest BCUT2D eigenvalue weighted by Crippen LogP contribution is -2.49. The maximum absolute atomic E-state index is 13.4. The molecule has 7 heteroatoms. The van der Waals surface area contributed by atoms with Crippen LogP contribution in [0.25, 0.3) is 11.0 Å². The van der Waals surface area contributed by atoms with E-state index in [1.807, 2.05) is 31.2 Å². The standard InChI is InChI=1S/C20H18F2N4O/c1-13-19(24-18-5-3-2-4-17(18)23-13)25-8-10-26(11-9-25)20(27)14-6-7-15(21)16(22)12-14/h2-7,12H,8-11H2,1H3. The van der Waals surface area contributed by atoms with Gasteiger partial charge in [0.2, 0.25) is 0 Å². The second-order valence-corrected chi connectivity index (χ2v) is 6.53. The average molecular weight is 368 g/mol. The van der Waals surface area contributed by atoms with Crippen LogP contribution >= 0.6 is 0 Å². The molecule has 2 heterocycles. The number of hydrogen-bond donors (Lipinski definition) is 0. The largest absolute Gasteiger partial charge is 0.352 e. The fourth-order valence-corrected chi connectivity index (χ4v) is 3.31. The van der Waals surface area contributed by atoms with Crippen molar-refractivity contribution in [1.82, 2.24) is 14.9 Å². The van der Waals surface area contributed by atoms with E-state index in [0.717, 1.165) is 34.7 Å². The van der Waals surface area contributed by atoms with Crippen molar-refractivity contribution in [1.29, 1.82) is 0 Å². The zero-order chi connectivity index (χ0) is 19.0. The number of carbonyl (C=O) groups is 1. The zero-order valence-corrected chi connectivity index (χ0v) is 14.8. The summed E-state index contributed by atoms with van der Waals surface area (Å²) in [5.41, 5.74) is 2.68. The first-order valence-electron chi connectivity index (χ1n) is 8.75. The predicted octanol–water partition coefficient (Wildman–Crippen LogP) is 3.18. The number of halogens is 2. The number of anilines is 1. The van der Waals surface area contributed by atoms with E-state index in [-0.39, 0.29) is 11.5 Å². The number of para-hydroxylation sites is 2. The predicted molar refractivity (Wildman–Crippen MR) is 98.7 cm³/mol. The molecule has 5 nitrogen and oxygen atoms in total. The van der Waals surface area contributed by atoms with Crippen LogP contribution in [0.2, 0.25) is 0 Å². The van der Waals surface area contributed by atoms with Crippen LogP contribution in [0, 0.1) is 18.6 Å². The number of aryl methyl sites for hydroxylation is 1. The van der Waals surface area contributed by atoms with Gasteiger partial charge in [-0.2, -0.15) is 0 Å². The van der Waals surface area contributed by atoms with Crippen molar-refractivity contribution in [2.24, 2.45) is 0 Å². The molecule has 0 N–H and O–H groups in total. The fourth-order valence-electron chi connectivity index (χ4n) is 3.31. The lowest BCUT2D eigenvalue weighted by molar-refractivity contribution is 0.0746. The van der Waals surface area contributed by atoms with E-state index in [1.165, 1.54) is 6.07 Å². The Kier molecular flexibility index (Phi) is 4.43. The average Bonchev–Trinajstić information content (AvgIpc) is 2.69. The Morgan fingerprint density at radius 2 is 1.59 bits per heavy atom. The summed E-state index contributed by atoms with van der Waals surface area (Å²) in [7, 11) is 0. The maximum Gasteiger partial charge on any atom is 0.254 e. The number of carbonyl (C=O) groups excluding carboxylic acids is 1. The second kappa shape index (κ2) is 6.90. The summed E-state index contributed by atoms with van der Waals surface area (Å²) >= 11 is 0. The smallest absolute Gasteiger partial charge is 0.254 e. The molecule has 1 aliphatic rings. The van der Waals surface area contributed by atoms with E-state index >= 15 is 0 Å². The van der Waals surface area contributed by atoms with Gasteiger partial charge in [0.15, 0.2) is 17.5 Å². The molecule has 0 spiro atoms. The summed E-state index contributed by atoms with van der Waals surface area (Å²) in [5.74, 6) is -1.45. The van der Waals surface area contributed by atoms with Crippen LogP contribution in [0.15, 0.2) is 42.5 Å². The number of aromatic nitrogens is 2. The highest BCUT2D eigenvalue weighted by Gasteiger charge is 2.24. The molecule has 0 bridgehead atoms. The molecule has 1 aromatic heterocycles. The van der Waals surface area contributed by atoms with Gasteiger partial charge in [-0.25, -0.2) is 18.7 Å². The molecule has 27 heavy (non-hydrogen) atoms.